The van der Waals surface area contributed by atoms with Crippen LogP contribution in [0, 0.1) is 6.92 Å². The number of benzene rings is 1. The smallest absolute Gasteiger partial charge is 0.263 e. The number of anilines is 1. The number of aryl methyl sites for hydroxylation is 1. The summed E-state index contributed by atoms with van der Waals surface area (Å²) in [4.78, 5) is 4.14. The average Bonchev–Trinajstić information content (AvgIpc) is 2.89. The van der Waals surface area contributed by atoms with Crippen LogP contribution >= 0.6 is 11.7 Å². The standard InChI is InChI=1S/C12H10N4O2S2/c1-8-4-3-7-13-12(8)16-20(17,18)10-6-2-5-9-11(10)15-19-14-9/h2-7H,1H3,(H,13,16). The SMILES string of the molecule is Cc1cccnc1NS(=O)(=O)c1cccc2nsnc12. The van der Waals surface area contributed by atoms with Gasteiger partial charge in [0.2, 0.25) is 0 Å². The molecule has 0 bridgehead atoms. The Bertz CT molecular complexity index is 874. The third-order valence-electron chi connectivity index (χ3n) is 2.78. The summed E-state index contributed by atoms with van der Waals surface area (Å²) in [5.41, 5.74) is 1.69. The maximum atomic E-state index is 12.5. The van der Waals surface area contributed by atoms with Gasteiger partial charge in [0.05, 0.1) is 11.7 Å². The van der Waals surface area contributed by atoms with E-state index in [-0.39, 0.29) is 4.90 Å². The topological polar surface area (TPSA) is 84.8 Å². The molecule has 1 N–H and O–H groups in total. The van der Waals surface area contributed by atoms with Crippen LogP contribution in [0.25, 0.3) is 11.0 Å². The van der Waals surface area contributed by atoms with Crippen LogP contribution < -0.4 is 4.72 Å². The van der Waals surface area contributed by atoms with Gasteiger partial charge in [0.1, 0.15) is 21.7 Å². The number of hydrogen-bond donors (Lipinski definition) is 1. The third-order valence-corrected chi connectivity index (χ3v) is 4.69. The molecule has 3 rings (SSSR count). The molecule has 2 aromatic heterocycles. The number of nitrogens with one attached hydrogen (secondary N) is 1. The van der Waals surface area contributed by atoms with Gasteiger partial charge >= 0.3 is 0 Å². The largest absolute Gasteiger partial charge is 0.265 e. The molecule has 1 aromatic carbocycles. The van der Waals surface area contributed by atoms with Crippen molar-refractivity contribution in [2.24, 2.45) is 0 Å². The Hall–Kier alpha value is -2.06. The molecule has 0 radical (unpaired) electrons. The van der Waals surface area contributed by atoms with Crippen molar-refractivity contribution in [1.82, 2.24) is 13.7 Å². The van der Waals surface area contributed by atoms with Crippen molar-refractivity contribution in [2.45, 2.75) is 11.8 Å². The predicted octanol–water partition coefficient (Wildman–Crippen LogP) is 2.20. The van der Waals surface area contributed by atoms with Crippen LogP contribution in [0.5, 0.6) is 0 Å². The molecule has 0 aliphatic heterocycles. The summed E-state index contributed by atoms with van der Waals surface area (Å²) >= 11 is 0.985. The molecule has 102 valence electrons. The molecular formula is C12H10N4O2S2. The molecule has 0 aliphatic rings. The van der Waals surface area contributed by atoms with E-state index in [9.17, 15) is 8.42 Å². The second kappa shape index (κ2) is 4.80. The number of fused-ring (bicyclic) bond motifs is 1. The van der Waals surface area contributed by atoms with Gasteiger partial charge in [0.25, 0.3) is 10.0 Å². The van der Waals surface area contributed by atoms with Crippen molar-refractivity contribution >= 4 is 38.6 Å². The first kappa shape index (κ1) is 12.9. The lowest BCUT2D eigenvalue weighted by Crippen LogP contribution is -2.15. The summed E-state index contributed by atoms with van der Waals surface area (Å²) in [6.07, 6.45) is 1.54. The maximum absolute atomic E-state index is 12.5. The Morgan fingerprint density at radius 3 is 2.80 bits per heavy atom. The summed E-state index contributed by atoms with van der Waals surface area (Å²) < 4.78 is 35.5. The molecule has 6 nitrogen and oxygen atoms in total. The number of sulfonamides is 1. The van der Waals surface area contributed by atoms with Crippen LogP contribution in [-0.2, 0) is 10.0 Å². The molecule has 0 unspecified atom stereocenters. The molecular weight excluding hydrogens is 296 g/mol. The van der Waals surface area contributed by atoms with Crippen LogP contribution in [0.2, 0.25) is 0 Å². The highest BCUT2D eigenvalue weighted by molar-refractivity contribution is 7.93. The Kier molecular flexibility index (Phi) is 3.11. The van der Waals surface area contributed by atoms with Crippen molar-refractivity contribution in [2.75, 3.05) is 4.72 Å². The van der Waals surface area contributed by atoms with E-state index in [2.05, 4.69) is 18.5 Å². The minimum atomic E-state index is -3.74. The number of pyridine rings is 1. The number of hydrogen-bond acceptors (Lipinski definition) is 6. The predicted molar refractivity (Wildman–Crippen MR) is 77.2 cm³/mol. The van der Waals surface area contributed by atoms with Gasteiger partial charge in [-0.2, -0.15) is 8.75 Å². The second-order valence-electron chi connectivity index (χ2n) is 4.16. The zero-order valence-corrected chi connectivity index (χ0v) is 12.1. The molecule has 3 aromatic rings. The monoisotopic (exact) mass is 306 g/mol. The molecule has 0 saturated carbocycles. The van der Waals surface area contributed by atoms with E-state index in [1.807, 2.05) is 0 Å². The van der Waals surface area contributed by atoms with E-state index >= 15 is 0 Å². The number of rotatable bonds is 3. The van der Waals surface area contributed by atoms with E-state index in [1.165, 1.54) is 12.3 Å². The van der Waals surface area contributed by atoms with Crippen molar-refractivity contribution < 1.29 is 8.42 Å². The van der Waals surface area contributed by atoms with E-state index in [1.54, 1.807) is 31.2 Å². The Morgan fingerprint density at radius 1 is 1.15 bits per heavy atom. The first-order valence-electron chi connectivity index (χ1n) is 5.74. The second-order valence-corrected chi connectivity index (χ2v) is 6.34. The van der Waals surface area contributed by atoms with Gasteiger partial charge in [-0.1, -0.05) is 12.1 Å². The van der Waals surface area contributed by atoms with Crippen molar-refractivity contribution in [3.05, 3.63) is 42.1 Å². The molecule has 2 heterocycles. The summed E-state index contributed by atoms with van der Waals surface area (Å²) in [5.74, 6) is 0.313. The fourth-order valence-corrected chi connectivity index (χ4v) is 3.62. The van der Waals surface area contributed by atoms with E-state index in [0.717, 1.165) is 17.3 Å². The quantitative estimate of drug-likeness (QED) is 0.802. The van der Waals surface area contributed by atoms with Gasteiger partial charge in [-0.3, -0.25) is 4.72 Å². The summed E-state index contributed by atoms with van der Waals surface area (Å²) in [6.45, 7) is 1.79. The fraction of sp³-hybridized carbons (Fsp3) is 0.0833. The van der Waals surface area contributed by atoms with Gasteiger partial charge in [-0.25, -0.2) is 13.4 Å². The number of nitrogens with zero attached hydrogens (tertiary/aromatic N) is 3. The van der Waals surface area contributed by atoms with Crippen molar-refractivity contribution in [3.8, 4) is 0 Å². The average molecular weight is 306 g/mol. The lowest BCUT2D eigenvalue weighted by Gasteiger charge is -2.09. The van der Waals surface area contributed by atoms with Crippen molar-refractivity contribution in [3.63, 3.8) is 0 Å². The zero-order chi connectivity index (χ0) is 14.2. The Morgan fingerprint density at radius 2 is 2.00 bits per heavy atom. The van der Waals surface area contributed by atoms with E-state index < -0.39 is 10.0 Å². The molecule has 0 fully saturated rings. The Labute approximate surface area is 119 Å². The minimum Gasteiger partial charge on any atom is -0.263 e. The van der Waals surface area contributed by atoms with Gasteiger partial charge in [0, 0.05) is 6.20 Å². The van der Waals surface area contributed by atoms with Gasteiger partial charge in [-0.05, 0) is 30.7 Å². The van der Waals surface area contributed by atoms with Gasteiger partial charge < -0.3 is 0 Å². The lowest BCUT2D eigenvalue weighted by molar-refractivity contribution is 0.601. The minimum absolute atomic E-state index is 0.105. The normalized spacial score (nSPS) is 11.7. The molecule has 0 aliphatic carbocycles. The van der Waals surface area contributed by atoms with Gasteiger partial charge in [0.15, 0.2) is 0 Å². The molecule has 0 atom stereocenters. The molecule has 8 heteroatoms. The Balaban J connectivity index is 2.09. The molecule has 20 heavy (non-hydrogen) atoms. The summed E-state index contributed by atoms with van der Waals surface area (Å²) in [5, 5.41) is 0. The summed E-state index contributed by atoms with van der Waals surface area (Å²) in [7, 11) is -3.74. The summed E-state index contributed by atoms with van der Waals surface area (Å²) in [6, 6.07) is 8.41. The van der Waals surface area contributed by atoms with Crippen molar-refractivity contribution in [1.29, 1.82) is 0 Å². The molecule has 0 amide bonds. The van der Waals surface area contributed by atoms with E-state index in [4.69, 9.17) is 0 Å². The molecule has 0 spiro atoms. The molecule has 0 saturated heterocycles. The fourth-order valence-electron chi connectivity index (χ4n) is 1.77. The number of aromatic nitrogens is 3. The first-order chi connectivity index (χ1) is 9.58. The first-order valence-corrected chi connectivity index (χ1v) is 7.95. The lowest BCUT2D eigenvalue weighted by atomic mass is 10.3. The highest BCUT2D eigenvalue weighted by Gasteiger charge is 2.20. The van der Waals surface area contributed by atoms with Crippen LogP contribution in [0.1, 0.15) is 5.56 Å². The van der Waals surface area contributed by atoms with Crippen LogP contribution in [0.4, 0.5) is 5.82 Å². The van der Waals surface area contributed by atoms with Gasteiger partial charge in [-0.15, -0.1) is 0 Å². The van der Waals surface area contributed by atoms with E-state index in [0.29, 0.717) is 16.9 Å². The zero-order valence-electron chi connectivity index (χ0n) is 10.4. The van der Waals surface area contributed by atoms with Crippen LogP contribution in [0.3, 0.4) is 0 Å². The maximum Gasteiger partial charge on any atom is 0.265 e. The third kappa shape index (κ3) is 2.23. The highest BCUT2D eigenvalue weighted by Crippen LogP contribution is 2.23. The highest BCUT2D eigenvalue weighted by atomic mass is 32.2. The van der Waals surface area contributed by atoms with Crippen LogP contribution in [0.15, 0.2) is 41.4 Å². The van der Waals surface area contributed by atoms with Crippen LogP contribution in [-0.4, -0.2) is 22.1 Å².